The molecule has 130 valence electrons. The molecule has 0 aliphatic carbocycles. The number of rotatable bonds is 5. The molecule has 0 amide bonds. The first-order valence-electron chi connectivity index (χ1n) is 7.73. The van der Waals surface area contributed by atoms with Crippen molar-refractivity contribution in [3.63, 3.8) is 0 Å². The lowest BCUT2D eigenvalue weighted by atomic mass is 10.3. The van der Waals surface area contributed by atoms with E-state index in [1.54, 1.807) is 62.0 Å². The van der Waals surface area contributed by atoms with Gasteiger partial charge in [0.05, 0.1) is 17.1 Å². The van der Waals surface area contributed by atoms with Crippen LogP contribution in [0.5, 0.6) is 11.5 Å². The normalized spacial score (nSPS) is 11.3. The summed E-state index contributed by atoms with van der Waals surface area (Å²) >= 11 is 0. The van der Waals surface area contributed by atoms with Crippen LogP contribution in [0.2, 0.25) is 0 Å². The third-order valence-corrected chi connectivity index (χ3v) is 5.43. The zero-order chi connectivity index (χ0) is 18.0. The summed E-state index contributed by atoms with van der Waals surface area (Å²) in [5.41, 5.74) is 1.40. The molecule has 0 saturated carbocycles. The number of aryl methyl sites for hydroxylation is 2. The Balaban J connectivity index is 1.95. The van der Waals surface area contributed by atoms with Crippen molar-refractivity contribution in [3.8, 4) is 11.5 Å². The number of aromatic nitrogens is 2. The first-order chi connectivity index (χ1) is 11.9. The molecule has 0 saturated heterocycles. The maximum absolute atomic E-state index is 12.8. The van der Waals surface area contributed by atoms with Crippen LogP contribution in [0.15, 0.2) is 59.5 Å². The number of benzene rings is 2. The summed E-state index contributed by atoms with van der Waals surface area (Å²) < 4.78 is 35.7. The predicted octanol–water partition coefficient (Wildman–Crippen LogP) is 3.63. The van der Waals surface area contributed by atoms with Gasteiger partial charge < -0.3 is 4.74 Å². The van der Waals surface area contributed by atoms with Crippen molar-refractivity contribution in [3.05, 3.63) is 66.0 Å². The standard InChI is InChI=1S/C18H19N3O3S/c1-13-18(14(2)21(3)19-13)25(22,23)20-16-11-7-8-12-17(16)24-15-9-5-4-6-10-15/h4-12,20H,1-3H3. The van der Waals surface area contributed by atoms with Crippen molar-refractivity contribution in [1.82, 2.24) is 9.78 Å². The highest BCUT2D eigenvalue weighted by atomic mass is 32.2. The van der Waals surface area contributed by atoms with E-state index >= 15 is 0 Å². The quantitative estimate of drug-likeness (QED) is 0.757. The van der Waals surface area contributed by atoms with E-state index in [9.17, 15) is 8.42 Å². The Morgan fingerprint density at radius 3 is 2.28 bits per heavy atom. The van der Waals surface area contributed by atoms with Gasteiger partial charge in [-0.2, -0.15) is 5.10 Å². The van der Waals surface area contributed by atoms with E-state index in [1.807, 2.05) is 18.2 Å². The number of nitrogens with zero attached hydrogens (tertiary/aromatic N) is 2. The Bertz CT molecular complexity index is 996. The Hall–Kier alpha value is -2.80. The van der Waals surface area contributed by atoms with Gasteiger partial charge in [-0.25, -0.2) is 8.42 Å². The number of hydrogen-bond acceptors (Lipinski definition) is 4. The zero-order valence-electron chi connectivity index (χ0n) is 14.2. The van der Waals surface area contributed by atoms with Crippen molar-refractivity contribution in [1.29, 1.82) is 0 Å². The van der Waals surface area contributed by atoms with Crippen molar-refractivity contribution in [2.75, 3.05) is 4.72 Å². The Labute approximate surface area is 147 Å². The second-order valence-electron chi connectivity index (χ2n) is 5.64. The zero-order valence-corrected chi connectivity index (χ0v) is 15.0. The van der Waals surface area contributed by atoms with E-state index < -0.39 is 10.0 Å². The molecule has 0 aliphatic rings. The van der Waals surface area contributed by atoms with E-state index in [0.717, 1.165) is 0 Å². The fraction of sp³-hybridized carbons (Fsp3) is 0.167. The number of hydrogen-bond donors (Lipinski definition) is 1. The van der Waals surface area contributed by atoms with Crippen LogP contribution in [-0.4, -0.2) is 18.2 Å². The van der Waals surface area contributed by atoms with Crippen LogP contribution < -0.4 is 9.46 Å². The number of anilines is 1. The smallest absolute Gasteiger partial charge is 0.265 e. The van der Waals surface area contributed by atoms with Crippen LogP contribution in [0, 0.1) is 13.8 Å². The average molecular weight is 357 g/mol. The molecule has 0 fully saturated rings. The summed E-state index contributed by atoms with van der Waals surface area (Å²) in [5.74, 6) is 1.05. The van der Waals surface area contributed by atoms with Gasteiger partial charge in [0.15, 0.2) is 5.75 Å². The lowest BCUT2D eigenvalue weighted by molar-refractivity contribution is 0.485. The van der Waals surface area contributed by atoms with Crippen molar-refractivity contribution >= 4 is 15.7 Å². The summed E-state index contributed by atoms with van der Waals surface area (Å²) in [6.07, 6.45) is 0. The SMILES string of the molecule is Cc1nn(C)c(C)c1S(=O)(=O)Nc1ccccc1Oc1ccccc1. The molecule has 0 unspecified atom stereocenters. The molecule has 3 aromatic rings. The van der Waals surface area contributed by atoms with Gasteiger partial charge in [-0.3, -0.25) is 9.40 Å². The van der Waals surface area contributed by atoms with Crippen LogP contribution in [-0.2, 0) is 17.1 Å². The number of para-hydroxylation sites is 3. The third kappa shape index (κ3) is 3.51. The topological polar surface area (TPSA) is 73.2 Å². The number of sulfonamides is 1. The summed E-state index contributed by atoms with van der Waals surface area (Å²) in [5, 5.41) is 4.17. The van der Waals surface area contributed by atoms with Crippen LogP contribution in [0.3, 0.4) is 0 Å². The summed E-state index contributed by atoms with van der Waals surface area (Å²) in [6.45, 7) is 3.40. The molecule has 25 heavy (non-hydrogen) atoms. The Morgan fingerprint density at radius 2 is 1.64 bits per heavy atom. The fourth-order valence-electron chi connectivity index (χ4n) is 2.59. The molecule has 0 radical (unpaired) electrons. The lowest BCUT2D eigenvalue weighted by Crippen LogP contribution is -2.15. The van der Waals surface area contributed by atoms with Crippen molar-refractivity contribution in [2.45, 2.75) is 18.7 Å². The lowest BCUT2D eigenvalue weighted by Gasteiger charge is -2.13. The van der Waals surface area contributed by atoms with Crippen LogP contribution in [0.25, 0.3) is 0 Å². The van der Waals surface area contributed by atoms with E-state index in [0.29, 0.717) is 28.6 Å². The van der Waals surface area contributed by atoms with Gasteiger partial charge in [-0.05, 0) is 38.1 Å². The van der Waals surface area contributed by atoms with Gasteiger partial charge >= 0.3 is 0 Å². The molecular weight excluding hydrogens is 338 g/mol. The molecule has 0 atom stereocenters. The van der Waals surface area contributed by atoms with Crippen LogP contribution in [0.4, 0.5) is 5.69 Å². The van der Waals surface area contributed by atoms with Gasteiger partial charge in [0.1, 0.15) is 10.6 Å². The van der Waals surface area contributed by atoms with E-state index in [2.05, 4.69) is 9.82 Å². The molecule has 3 rings (SSSR count). The second kappa shape index (κ2) is 6.60. The third-order valence-electron chi connectivity index (χ3n) is 3.81. The fourth-order valence-corrected chi connectivity index (χ4v) is 4.11. The highest BCUT2D eigenvalue weighted by Gasteiger charge is 2.24. The van der Waals surface area contributed by atoms with Crippen molar-refractivity contribution in [2.24, 2.45) is 7.05 Å². The minimum Gasteiger partial charge on any atom is -0.455 e. The molecule has 1 aromatic heterocycles. The highest BCUT2D eigenvalue weighted by molar-refractivity contribution is 7.92. The predicted molar refractivity (Wildman–Crippen MR) is 96.4 cm³/mol. The van der Waals surface area contributed by atoms with Crippen LogP contribution >= 0.6 is 0 Å². The Morgan fingerprint density at radius 1 is 1.00 bits per heavy atom. The van der Waals surface area contributed by atoms with Gasteiger partial charge in [0.25, 0.3) is 10.0 Å². The van der Waals surface area contributed by atoms with Gasteiger partial charge in [-0.1, -0.05) is 30.3 Å². The molecular formula is C18H19N3O3S. The molecule has 2 aromatic carbocycles. The van der Waals surface area contributed by atoms with Crippen LogP contribution in [0.1, 0.15) is 11.4 Å². The molecule has 0 aliphatic heterocycles. The minimum absolute atomic E-state index is 0.185. The molecule has 0 bridgehead atoms. The van der Waals surface area contributed by atoms with Crippen molar-refractivity contribution < 1.29 is 13.2 Å². The minimum atomic E-state index is -3.78. The van der Waals surface area contributed by atoms with Gasteiger partial charge in [0.2, 0.25) is 0 Å². The number of nitrogens with one attached hydrogen (secondary N) is 1. The van der Waals surface area contributed by atoms with E-state index in [-0.39, 0.29) is 4.90 Å². The first kappa shape index (κ1) is 17.0. The Kier molecular flexibility index (Phi) is 4.50. The summed E-state index contributed by atoms with van der Waals surface area (Å²) in [7, 11) is -2.07. The van der Waals surface area contributed by atoms with Gasteiger partial charge in [-0.15, -0.1) is 0 Å². The maximum atomic E-state index is 12.8. The molecule has 0 spiro atoms. The molecule has 1 heterocycles. The molecule has 6 nitrogen and oxygen atoms in total. The highest BCUT2D eigenvalue weighted by Crippen LogP contribution is 2.31. The number of ether oxygens (including phenoxy) is 1. The van der Waals surface area contributed by atoms with Gasteiger partial charge in [0, 0.05) is 7.05 Å². The molecule has 1 N–H and O–H groups in total. The average Bonchev–Trinajstić information content (AvgIpc) is 2.83. The largest absolute Gasteiger partial charge is 0.455 e. The second-order valence-corrected chi connectivity index (χ2v) is 7.26. The monoisotopic (exact) mass is 357 g/mol. The van der Waals surface area contributed by atoms with E-state index in [4.69, 9.17) is 4.74 Å². The molecule has 7 heteroatoms. The summed E-state index contributed by atoms with van der Waals surface area (Å²) in [6, 6.07) is 16.1. The maximum Gasteiger partial charge on any atom is 0.265 e. The first-order valence-corrected chi connectivity index (χ1v) is 9.22. The van der Waals surface area contributed by atoms with E-state index in [1.165, 1.54) is 0 Å². The summed E-state index contributed by atoms with van der Waals surface area (Å²) in [4.78, 5) is 0.185.